The second-order valence-corrected chi connectivity index (χ2v) is 7.26. The van der Waals surface area contributed by atoms with Crippen molar-refractivity contribution in [1.29, 1.82) is 0 Å². The lowest BCUT2D eigenvalue weighted by molar-refractivity contribution is -0.132. The maximum atomic E-state index is 12.5. The van der Waals surface area contributed by atoms with Crippen LogP contribution >= 0.6 is 0 Å². The molecule has 0 radical (unpaired) electrons. The molecule has 0 N–H and O–H groups in total. The minimum absolute atomic E-state index is 0.319. The number of hydrogen-bond donors (Lipinski definition) is 0. The molecule has 2 fully saturated rings. The van der Waals surface area contributed by atoms with Crippen LogP contribution < -0.4 is 9.47 Å². The quantitative estimate of drug-likeness (QED) is 0.842. The first-order valence-electron chi connectivity index (χ1n) is 9.73. The van der Waals surface area contributed by atoms with Gasteiger partial charge in [-0.15, -0.1) is 0 Å². The largest absolute Gasteiger partial charge is 0.486 e. The van der Waals surface area contributed by atoms with Gasteiger partial charge in [0.2, 0.25) is 5.91 Å². The molecule has 1 aromatic carbocycles. The lowest BCUT2D eigenvalue weighted by Crippen LogP contribution is -2.37. The zero-order chi connectivity index (χ0) is 17.1. The van der Waals surface area contributed by atoms with Crippen molar-refractivity contribution in [3.8, 4) is 11.5 Å². The smallest absolute Gasteiger partial charge is 0.223 e. The number of fused-ring (bicyclic) bond motifs is 1. The minimum Gasteiger partial charge on any atom is -0.486 e. The Bertz CT molecular complexity index is 613. The van der Waals surface area contributed by atoms with Crippen molar-refractivity contribution in [2.24, 2.45) is 0 Å². The molecule has 3 aliphatic rings. The second-order valence-electron chi connectivity index (χ2n) is 7.26. The highest BCUT2D eigenvalue weighted by molar-refractivity contribution is 5.76. The number of hydrogen-bond acceptors (Lipinski definition) is 4. The van der Waals surface area contributed by atoms with Crippen LogP contribution in [0.15, 0.2) is 18.2 Å². The third kappa shape index (κ3) is 3.61. The van der Waals surface area contributed by atoms with Crippen LogP contribution in [0.5, 0.6) is 11.5 Å². The first-order chi connectivity index (χ1) is 12.3. The van der Waals surface area contributed by atoms with E-state index >= 15 is 0 Å². The fourth-order valence-corrected chi connectivity index (χ4v) is 4.35. The molecular weight excluding hydrogens is 316 g/mol. The van der Waals surface area contributed by atoms with E-state index in [4.69, 9.17) is 9.47 Å². The summed E-state index contributed by atoms with van der Waals surface area (Å²) in [6.45, 7) is 5.02. The highest BCUT2D eigenvalue weighted by atomic mass is 16.6. The van der Waals surface area contributed by atoms with Gasteiger partial charge in [0.1, 0.15) is 13.2 Å². The van der Waals surface area contributed by atoms with Crippen molar-refractivity contribution in [2.45, 2.75) is 44.6 Å². The summed E-state index contributed by atoms with van der Waals surface area (Å²) in [5, 5.41) is 0. The van der Waals surface area contributed by atoms with Crippen molar-refractivity contribution >= 4 is 5.91 Å². The number of para-hydroxylation sites is 1. The monoisotopic (exact) mass is 344 g/mol. The van der Waals surface area contributed by atoms with E-state index in [0.29, 0.717) is 31.6 Å². The molecule has 0 spiro atoms. The topological polar surface area (TPSA) is 42.0 Å². The fraction of sp³-hybridized carbons (Fsp3) is 0.650. The van der Waals surface area contributed by atoms with Crippen LogP contribution in [0, 0.1) is 0 Å². The van der Waals surface area contributed by atoms with E-state index in [1.807, 2.05) is 6.07 Å². The SMILES string of the molecule is O=C(CCN1CCC[C@@H]1c1cccc2c1OCCO2)N1CCCCC1. The Kier molecular flexibility index (Phi) is 5.11. The van der Waals surface area contributed by atoms with E-state index in [9.17, 15) is 4.79 Å². The summed E-state index contributed by atoms with van der Waals surface area (Å²) in [7, 11) is 0. The number of carbonyl (C=O) groups excluding carboxylic acids is 1. The first-order valence-corrected chi connectivity index (χ1v) is 9.73. The Morgan fingerprint density at radius 3 is 2.76 bits per heavy atom. The van der Waals surface area contributed by atoms with E-state index in [1.54, 1.807) is 0 Å². The van der Waals surface area contributed by atoms with E-state index in [0.717, 1.165) is 56.9 Å². The number of piperidine rings is 1. The molecule has 0 saturated carbocycles. The van der Waals surface area contributed by atoms with Gasteiger partial charge < -0.3 is 14.4 Å². The van der Waals surface area contributed by atoms with Gasteiger partial charge in [-0.25, -0.2) is 0 Å². The molecule has 0 aliphatic carbocycles. The van der Waals surface area contributed by atoms with Gasteiger partial charge in [0, 0.05) is 37.7 Å². The van der Waals surface area contributed by atoms with Crippen molar-refractivity contribution in [2.75, 3.05) is 39.4 Å². The Balaban J connectivity index is 1.42. The molecule has 1 aromatic rings. The highest BCUT2D eigenvalue weighted by Gasteiger charge is 2.31. The third-order valence-corrected chi connectivity index (χ3v) is 5.64. The van der Waals surface area contributed by atoms with Gasteiger partial charge >= 0.3 is 0 Å². The van der Waals surface area contributed by atoms with Gasteiger partial charge in [0.25, 0.3) is 0 Å². The highest BCUT2D eigenvalue weighted by Crippen LogP contribution is 2.42. The predicted molar refractivity (Wildman–Crippen MR) is 96.0 cm³/mol. The Morgan fingerprint density at radius 1 is 1.04 bits per heavy atom. The summed E-state index contributed by atoms with van der Waals surface area (Å²) < 4.78 is 11.6. The zero-order valence-electron chi connectivity index (χ0n) is 14.9. The molecule has 5 heteroatoms. The molecule has 25 heavy (non-hydrogen) atoms. The molecule has 5 nitrogen and oxygen atoms in total. The summed E-state index contributed by atoms with van der Waals surface area (Å²) in [5.41, 5.74) is 1.22. The van der Waals surface area contributed by atoms with E-state index in [-0.39, 0.29) is 0 Å². The van der Waals surface area contributed by atoms with Gasteiger partial charge in [-0.1, -0.05) is 12.1 Å². The standard InChI is InChI=1S/C20H28N2O3/c23-19(22-10-2-1-3-11-22)9-13-21-12-5-7-17(21)16-6-4-8-18-20(16)25-15-14-24-18/h4,6,8,17H,1-3,5,7,9-15H2/t17-/m1/s1. The average molecular weight is 344 g/mol. The predicted octanol–water partition coefficient (Wildman–Crippen LogP) is 3.00. The summed E-state index contributed by atoms with van der Waals surface area (Å²) in [6, 6.07) is 6.53. The van der Waals surface area contributed by atoms with Crippen LogP contribution in [0.2, 0.25) is 0 Å². The van der Waals surface area contributed by atoms with Crippen molar-refractivity contribution in [3.05, 3.63) is 23.8 Å². The molecule has 1 atom stereocenters. The van der Waals surface area contributed by atoms with Gasteiger partial charge in [0.05, 0.1) is 0 Å². The van der Waals surface area contributed by atoms with Crippen molar-refractivity contribution in [1.82, 2.24) is 9.80 Å². The normalized spacial score (nSPS) is 23.7. The number of carbonyl (C=O) groups is 1. The first kappa shape index (κ1) is 16.7. The number of likely N-dealkylation sites (tertiary alicyclic amines) is 2. The lowest BCUT2D eigenvalue weighted by atomic mass is 10.0. The molecule has 3 aliphatic heterocycles. The van der Waals surface area contributed by atoms with Crippen LogP contribution in [-0.4, -0.2) is 55.1 Å². The van der Waals surface area contributed by atoms with Gasteiger partial charge in [-0.05, 0) is 44.7 Å². The second kappa shape index (κ2) is 7.65. The van der Waals surface area contributed by atoms with Crippen LogP contribution in [0.1, 0.15) is 50.1 Å². The van der Waals surface area contributed by atoms with Gasteiger partial charge in [-0.2, -0.15) is 0 Å². The summed E-state index contributed by atoms with van der Waals surface area (Å²) in [5.74, 6) is 2.09. The molecular formula is C20H28N2O3. The van der Waals surface area contributed by atoms with E-state index in [1.165, 1.54) is 18.4 Å². The average Bonchev–Trinajstić information content (AvgIpc) is 3.14. The van der Waals surface area contributed by atoms with E-state index < -0.39 is 0 Å². The van der Waals surface area contributed by atoms with Crippen LogP contribution in [-0.2, 0) is 4.79 Å². The van der Waals surface area contributed by atoms with Gasteiger partial charge in [-0.3, -0.25) is 9.69 Å². The Morgan fingerprint density at radius 2 is 1.88 bits per heavy atom. The summed E-state index contributed by atoms with van der Waals surface area (Å²) in [6.07, 6.45) is 6.50. The molecule has 2 saturated heterocycles. The molecule has 4 rings (SSSR count). The Labute approximate surface area is 149 Å². The molecule has 0 unspecified atom stereocenters. The van der Waals surface area contributed by atoms with Crippen LogP contribution in [0.4, 0.5) is 0 Å². The molecule has 3 heterocycles. The molecule has 1 amide bonds. The molecule has 136 valence electrons. The lowest BCUT2D eigenvalue weighted by Gasteiger charge is -2.30. The maximum absolute atomic E-state index is 12.5. The maximum Gasteiger partial charge on any atom is 0.223 e. The number of amides is 1. The molecule has 0 bridgehead atoms. The summed E-state index contributed by atoms with van der Waals surface area (Å²) >= 11 is 0. The third-order valence-electron chi connectivity index (χ3n) is 5.64. The van der Waals surface area contributed by atoms with Crippen LogP contribution in [0.3, 0.4) is 0 Å². The zero-order valence-corrected chi connectivity index (χ0v) is 14.9. The van der Waals surface area contributed by atoms with E-state index in [2.05, 4.69) is 21.9 Å². The summed E-state index contributed by atoms with van der Waals surface area (Å²) in [4.78, 5) is 17.0. The Hall–Kier alpha value is -1.75. The van der Waals surface area contributed by atoms with Crippen LogP contribution in [0.25, 0.3) is 0 Å². The van der Waals surface area contributed by atoms with Gasteiger partial charge in [0.15, 0.2) is 11.5 Å². The number of benzene rings is 1. The number of ether oxygens (including phenoxy) is 2. The van der Waals surface area contributed by atoms with Crippen molar-refractivity contribution in [3.63, 3.8) is 0 Å². The molecule has 0 aromatic heterocycles. The number of rotatable bonds is 4. The fourth-order valence-electron chi connectivity index (χ4n) is 4.35. The van der Waals surface area contributed by atoms with Crippen molar-refractivity contribution < 1.29 is 14.3 Å². The minimum atomic E-state index is 0.319. The number of nitrogens with zero attached hydrogens (tertiary/aromatic N) is 2.